The van der Waals surface area contributed by atoms with E-state index in [1.165, 1.54) is 51.3 Å². The van der Waals surface area contributed by atoms with Gasteiger partial charge in [0.25, 0.3) is 5.91 Å². The lowest BCUT2D eigenvalue weighted by Gasteiger charge is -2.17. The van der Waals surface area contributed by atoms with Crippen LogP contribution in [0.15, 0.2) is 39.8 Å². The third kappa shape index (κ3) is 5.54. The molecular weight excluding hydrogens is 390 g/mol. The van der Waals surface area contributed by atoms with Crippen molar-refractivity contribution in [2.24, 2.45) is 0 Å². The molecule has 0 aliphatic rings. The van der Waals surface area contributed by atoms with Crippen molar-refractivity contribution in [2.75, 3.05) is 12.4 Å². The first kappa shape index (κ1) is 21.4. The number of aryl methyl sites for hydroxylation is 1. The van der Waals surface area contributed by atoms with Crippen molar-refractivity contribution in [3.8, 4) is 5.75 Å². The molecule has 152 valence electrons. The van der Waals surface area contributed by atoms with Crippen LogP contribution in [-0.4, -0.2) is 44.7 Å². The number of aromatic nitrogens is 1. The van der Waals surface area contributed by atoms with E-state index in [-0.39, 0.29) is 10.7 Å². The van der Waals surface area contributed by atoms with E-state index >= 15 is 0 Å². The van der Waals surface area contributed by atoms with Gasteiger partial charge >= 0.3 is 5.97 Å². The van der Waals surface area contributed by atoms with E-state index in [9.17, 15) is 18.0 Å². The molecule has 2 atom stereocenters. The Balaban J connectivity index is 1.94. The van der Waals surface area contributed by atoms with Gasteiger partial charge in [0.15, 0.2) is 11.9 Å². The normalized spacial score (nSPS) is 13.4. The first-order chi connectivity index (χ1) is 13.1. The molecule has 2 N–H and O–H groups in total. The summed E-state index contributed by atoms with van der Waals surface area (Å²) in [5.41, 5.74) is 0. The van der Waals surface area contributed by atoms with E-state index in [0.717, 1.165) is 0 Å². The molecule has 0 saturated carbocycles. The zero-order chi connectivity index (χ0) is 20.9. The van der Waals surface area contributed by atoms with Crippen molar-refractivity contribution < 1.29 is 32.0 Å². The molecule has 2 aromatic rings. The summed E-state index contributed by atoms with van der Waals surface area (Å²) in [6.07, 6.45) is -1.17. The Bertz CT molecular complexity index is 938. The summed E-state index contributed by atoms with van der Waals surface area (Å²) >= 11 is 0. The van der Waals surface area contributed by atoms with Crippen molar-refractivity contribution in [1.82, 2.24) is 9.88 Å². The fourth-order valence-electron chi connectivity index (χ4n) is 2.09. The van der Waals surface area contributed by atoms with Crippen LogP contribution >= 0.6 is 0 Å². The third-order valence-electron chi connectivity index (χ3n) is 3.60. The Kier molecular flexibility index (Phi) is 6.75. The smallest absolute Gasteiger partial charge is 0.324 e. The van der Waals surface area contributed by atoms with Gasteiger partial charge in [-0.2, -0.15) is 4.72 Å². The summed E-state index contributed by atoms with van der Waals surface area (Å²) < 4.78 is 41.7. The van der Waals surface area contributed by atoms with E-state index < -0.39 is 34.0 Å². The number of methoxy groups -OCH3 is 1. The van der Waals surface area contributed by atoms with Crippen LogP contribution in [0.25, 0.3) is 0 Å². The van der Waals surface area contributed by atoms with Gasteiger partial charge in [0.05, 0.1) is 12.0 Å². The number of ether oxygens (including phenoxy) is 2. The fourth-order valence-corrected chi connectivity index (χ4v) is 3.28. The lowest BCUT2D eigenvalue weighted by molar-refractivity contribution is -0.154. The van der Waals surface area contributed by atoms with Crippen LogP contribution in [0.1, 0.15) is 19.6 Å². The first-order valence-corrected chi connectivity index (χ1v) is 9.71. The molecule has 28 heavy (non-hydrogen) atoms. The van der Waals surface area contributed by atoms with Gasteiger partial charge in [-0.1, -0.05) is 5.16 Å². The molecule has 1 amide bonds. The van der Waals surface area contributed by atoms with Crippen LogP contribution in [0, 0.1) is 6.92 Å². The third-order valence-corrected chi connectivity index (χ3v) is 5.15. The van der Waals surface area contributed by atoms with Gasteiger partial charge < -0.3 is 19.3 Å². The van der Waals surface area contributed by atoms with Crippen LogP contribution in [0.4, 0.5) is 5.82 Å². The lowest BCUT2D eigenvalue weighted by atomic mass is 10.3. The van der Waals surface area contributed by atoms with Gasteiger partial charge in [-0.05, 0) is 45.0 Å². The summed E-state index contributed by atoms with van der Waals surface area (Å²) in [7, 11) is -2.50. The second kappa shape index (κ2) is 8.85. The average Bonchev–Trinajstić information content (AvgIpc) is 3.05. The molecular formula is C17H21N3O7S. The van der Waals surface area contributed by atoms with Crippen molar-refractivity contribution in [3.05, 3.63) is 36.1 Å². The maximum absolute atomic E-state index is 12.4. The maximum atomic E-state index is 12.4. The minimum absolute atomic E-state index is 0.0415. The van der Waals surface area contributed by atoms with Gasteiger partial charge in [-0.3, -0.25) is 9.59 Å². The van der Waals surface area contributed by atoms with E-state index in [0.29, 0.717) is 11.5 Å². The molecule has 0 fully saturated rings. The number of esters is 1. The van der Waals surface area contributed by atoms with E-state index in [4.69, 9.17) is 14.0 Å². The highest BCUT2D eigenvalue weighted by atomic mass is 32.2. The van der Waals surface area contributed by atoms with Crippen LogP contribution in [-0.2, 0) is 24.3 Å². The van der Waals surface area contributed by atoms with Gasteiger partial charge in [0.2, 0.25) is 10.0 Å². The maximum Gasteiger partial charge on any atom is 0.324 e. The molecule has 11 heteroatoms. The van der Waals surface area contributed by atoms with Crippen LogP contribution in [0.5, 0.6) is 5.75 Å². The standard InChI is InChI=1S/C17H21N3O7S/c1-10-9-15(19-27-10)18-16(21)12(3)26-17(22)11(2)20-28(23,24)14-7-5-13(25-4)6-8-14/h5-9,11-12,20H,1-4H3,(H,18,19,21)/t11-,12?/m0/s1. The number of nitrogens with one attached hydrogen (secondary N) is 2. The highest BCUT2D eigenvalue weighted by Gasteiger charge is 2.26. The van der Waals surface area contributed by atoms with Gasteiger partial charge in [-0.25, -0.2) is 8.42 Å². The average molecular weight is 411 g/mol. The number of amides is 1. The molecule has 0 radical (unpaired) electrons. The summed E-state index contributed by atoms with van der Waals surface area (Å²) in [5.74, 6) is -0.364. The number of sulfonamides is 1. The van der Waals surface area contributed by atoms with E-state index in [1.54, 1.807) is 6.92 Å². The topological polar surface area (TPSA) is 137 Å². The Morgan fingerprint density at radius 2 is 1.82 bits per heavy atom. The van der Waals surface area contributed by atoms with Crippen molar-refractivity contribution >= 4 is 27.7 Å². The van der Waals surface area contributed by atoms with Crippen molar-refractivity contribution in [1.29, 1.82) is 0 Å². The number of hydrogen-bond acceptors (Lipinski definition) is 8. The second-order valence-electron chi connectivity index (χ2n) is 5.91. The summed E-state index contributed by atoms with van der Waals surface area (Å²) in [5, 5.41) is 6.02. The Labute approximate surface area is 162 Å². The zero-order valence-corrected chi connectivity index (χ0v) is 16.6. The highest BCUT2D eigenvalue weighted by Crippen LogP contribution is 2.16. The van der Waals surface area contributed by atoms with Crippen LogP contribution in [0.3, 0.4) is 0 Å². The molecule has 1 unspecified atom stereocenters. The number of hydrogen-bond donors (Lipinski definition) is 2. The predicted molar refractivity (Wildman–Crippen MR) is 98.2 cm³/mol. The number of anilines is 1. The second-order valence-corrected chi connectivity index (χ2v) is 7.62. The quantitative estimate of drug-likeness (QED) is 0.619. The predicted octanol–water partition coefficient (Wildman–Crippen LogP) is 1.23. The number of rotatable bonds is 8. The largest absolute Gasteiger partial charge is 0.497 e. The monoisotopic (exact) mass is 411 g/mol. The molecule has 1 aromatic heterocycles. The minimum Gasteiger partial charge on any atom is -0.497 e. The molecule has 0 spiro atoms. The molecule has 0 aliphatic heterocycles. The van der Waals surface area contributed by atoms with Gasteiger partial charge in [0.1, 0.15) is 17.6 Å². The molecule has 0 aliphatic carbocycles. The summed E-state index contributed by atoms with van der Waals surface area (Å²) in [6, 6.07) is 5.93. The number of carbonyl (C=O) groups excluding carboxylic acids is 2. The molecule has 0 saturated heterocycles. The number of carbonyl (C=O) groups is 2. The SMILES string of the molecule is COc1ccc(S(=O)(=O)N[C@@H](C)C(=O)OC(C)C(=O)Nc2cc(C)on2)cc1. The Hall–Kier alpha value is -2.92. The van der Waals surface area contributed by atoms with E-state index in [1.807, 2.05) is 0 Å². The molecule has 1 heterocycles. The number of benzene rings is 1. The summed E-state index contributed by atoms with van der Waals surface area (Å²) in [4.78, 5) is 24.1. The molecule has 2 rings (SSSR count). The Morgan fingerprint density at radius 1 is 1.18 bits per heavy atom. The van der Waals surface area contributed by atoms with Crippen LogP contribution < -0.4 is 14.8 Å². The zero-order valence-electron chi connectivity index (χ0n) is 15.8. The number of nitrogens with zero attached hydrogens (tertiary/aromatic N) is 1. The van der Waals surface area contributed by atoms with E-state index in [2.05, 4.69) is 15.2 Å². The summed E-state index contributed by atoms with van der Waals surface area (Å²) in [6.45, 7) is 4.32. The molecule has 0 bridgehead atoms. The molecule has 1 aromatic carbocycles. The highest BCUT2D eigenvalue weighted by molar-refractivity contribution is 7.89. The minimum atomic E-state index is -3.96. The first-order valence-electron chi connectivity index (χ1n) is 8.23. The van der Waals surface area contributed by atoms with Crippen LogP contribution in [0.2, 0.25) is 0 Å². The van der Waals surface area contributed by atoms with Gasteiger partial charge in [-0.15, -0.1) is 0 Å². The molecule has 10 nitrogen and oxygen atoms in total. The van der Waals surface area contributed by atoms with Crippen molar-refractivity contribution in [2.45, 2.75) is 37.8 Å². The lowest BCUT2D eigenvalue weighted by Crippen LogP contribution is -2.42. The van der Waals surface area contributed by atoms with Gasteiger partial charge in [0, 0.05) is 6.07 Å². The Morgan fingerprint density at radius 3 is 2.36 bits per heavy atom. The van der Waals surface area contributed by atoms with Crippen molar-refractivity contribution in [3.63, 3.8) is 0 Å². The fraction of sp³-hybridized carbons (Fsp3) is 0.353.